The van der Waals surface area contributed by atoms with Gasteiger partial charge in [0.15, 0.2) is 11.6 Å². The lowest BCUT2D eigenvalue weighted by molar-refractivity contribution is -0.121. The van der Waals surface area contributed by atoms with E-state index in [9.17, 15) is 13.6 Å². The summed E-state index contributed by atoms with van der Waals surface area (Å²) in [6, 6.07) is 3.11. The van der Waals surface area contributed by atoms with Gasteiger partial charge in [-0.2, -0.15) is 0 Å². The van der Waals surface area contributed by atoms with Gasteiger partial charge in [0.2, 0.25) is 5.91 Å². The van der Waals surface area contributed by atoms with E-state index in [4.69, 9.17) is 0 Å². The van der Waals surface area contributed by atoms with Crippen molar-refractivity contribution in [2.45, 2.75) is 32.2 Å². The highest BCUT2D eigenvalue weighted by atomic mass is 19.2. The molecule has 1 atom stereocenters. The van der Waals surface area contributed by atoms with Crippen molar-refractivity contribution in [1.29, 1.82) is 0 Å². The highest BCUT2D eigenvalue weighted by Crippen LogP contribution is 2.16. The minimum absolute atomic E-state index is 0.187. The molecule has 0 bridgehead atoms. The van der Waals surface area contributed by atoms with Crippen LogP contribution in [-0.2, 0) is 4.79 Å². The number of carbonyl (C=O) groups is 1. The van der Waals surface area contributed by atoms with Crippen molar-refractivity contribution >= 4 is 11.6 Å². The maximum Gasteiger partial charge on any atom is 0.241 e. The largest absolute Gasteiger partial charge is 0.325 e. The van der Waals surface area contributed by atoms with Crippen molar-refractivity contribution in [1.82, 2.24) is 4.90 Å². The molecule has 2 rings (SSSR count). The maximum absolute atomic E-state index is 13.0. The molecule has 1 aromatic rings. The van der Waals surface area contributed by atoms with Crippen LogP contribution in [0, 0.1) is 11.6 Å². The maximum atomic E-state index is 13.0. The Kier molecular flexibility index (Phi) is 4.47. The molecule has 1 heterocycles. The molecular weight excluding hydrogens is 250 g/mol. The van der Waals surface area contributed by atoms with Crippen molar-refractivity contribution < 1.29 is 13.6 Å². The van der Waals surface area contributed by atoms with E-state index in [0.717, 1.165) is 38.1 Å². The van der Waals surface area contributed by atoms with Gasteiger partial charge in [-0.1, -0.05) is 6.42 Å². The Bertz CT molecular complexity index is 459. The second kappa shape index (κ2) is 6.10. The summed E-state index contributed by atoms with van der Waals surface area (Å²) in [5, 5.41) is 2.62. The van der Waals surface area contributed by atoms with Crippen molar-refractivity contribution in [2.75, 3.05) is 18.4 Å². The average Bonchev–Trinajstić information content (AvgIpc) is 2.43. The van der Waals surface area contributed by atoms with Gasteiger partial charge in [0, 0.05) is 11.8 Å². The molecular formula is C14H18F2N2O. The Hall–Kier alpha value is -1.49. The molecule has 1 unspecified atom stereocenters. The predicted octanol–water partition coefficient (Wildman–Crippen LogP) is 2.78. The van der Waals surface area contributed by atoms with Crippen molar-refractivity contribution in [3.05, 3.63) is 29.8 Å². The van der Waals surface area contributed by atoms with Crippen LogP contribution >= 0.6 is 0 Å². The number of halogens is 2. The quantitative estimate of drug-likeness (QED) is 0.914. The van der Waals surface area contributed by atoms with Crippen molar-refractivity contribution in [3.63, 3.8) is 0 Å². The van der Waals surface area contributed by atoms with Crippen LogP contribution in [0.15, 0.2) is 18.2 Å². The number of hydrogen-bond donors (Lipinski definition) is 1. The van der Waals surface area contributed by atoms with E-state index >= 15 is 0 Å². The molecule has 1 aliphatic rings. The van der Waals surface area contributed by atoms with Gasteiger partial charge in [-0.05, 0) is 45.0 Å². The summed E-state index contributed by atoms with van der Waals surface area (Å²) in [5.74, 6) is -2.06. The lowest BCUT2D eigenvalue weighted by atomic mass is 10.1. The van der Waals surface area contributed by atoms with Gasteiger partial charge in [-0.3, -0.25) is 9.69 Å². The summed E-state index contributed by atoms with van der Waals surface area (Å²) in [4.78, 5) is 14.1. The van der Waals surface area contributed by atoms with Crippen LogP contribution < -0.4 is 5.32 Å². The van der Waals surface area contributed by atoms with Gasteiger partial charge in [-0.25, -0.2) is 8.78 Å². The first-order valence-electron chi connectivity index (χ1n) is 6.58. The van der Waals surface area contributed by atoms with Crippen LogP contribution in [0.25, 0.3) is 0 Å². The summed E-state index contributed by atoms with van der Waals surface area (Å²) in [7, 11) is 0. The second-order valence-electron chi connectivity index (χ2n) is 4.89. The zero-order chi connectivity index (χ0) is 13.8. The molecule has 1 aliphatic heterocycles. The van der Waals surface area contributed by atoms with Crippen molar-refractivity contribution in [3.8, 4) is 0 Å². The molecule has 1 fully saturated rings. The number of nitrogens with one attached hydrogen (secondary N) is 1. The van der Waals surface area contributed by atoms with E-state index in [-0.39, 0.29) is 17.6 Å². The third-order valence-electron chi connectivity index (χ3n) is 3.50. The number of likely N-dealkylation sites (tertiary alicyclic amines) is 1. The highest BCUT2D eigenvalue weighted by Gasteiger charge is 2.22. The number of anilines is 1. The molecule has 104 valence electrons. The zero-order valence-corrected chi connectivity index (χ0v) is 11.0. The summed E-state index contributed by atoms with van der Waals surface area (Å²) in [6.07, 6.45) is 3.40. The third kappa shape index (κ3) is 3.50. The smallest absolute Gasteiger partial charge is 0.241 e. The normalized spacial score (nSPS) is 18.1. The van der Waals surface area contributed by atoms with Crippen LogP contribution in [0.5, 0.6) is 0 Å². The SMILES string of the molecule is CC(C(=O)Nc1ccc(F)c(F)c1)N1CCCCC1. The molecule has 1 saturated heterocycles. The summed E-state index contributed by atoms with van der Waals surface area (Å²) in [6.45, 7) is 3.65. The van der Waals surface area contributed by atoms with Gasteiger partial charge in [-0.15, -0.1) is 0 Å². The molecule has 3 nitrogen and oxygen atoms in total. The molecule has 0 aromatic heterocycles. The monoisotopic (exact) mass is 268 g/mol. The van der Waals surface area contributed by atoms with Gasteiger partial charge >= 0.3 is 0 Å². The summed E-state index contributed by atoms with van der Waals surface area (Å²) >= 11 is 0. The Morgan fingerprint density at radius 1 is 1.21 bits per heavy atom. The Balaban J connectivity index is 1.97. The molecule has 1 N–H and O–H groups in total. The molecule has 0 spiro atoms. The van der Waals surface area contributed by atoms with E-state index in [1.807, 2.05) is 6.92 Å². The number of hydrogen-bond acceptors (Lipinski definition) is 2. The van der Waals surface area contributed by atoms with Crippen LogP contribution in [0.4, 0.5) is 14.5 Å². The molecule has 5 heteroatoms. The Labute approximate surface area is 111 Å². The predicted molar refractivity (Wildman–Crippen MR) is 69.9 cm³/mol. The Morgan fingerprint density at radius 3 is 2.53 bits per heavy atom. The fraction of sp³-hybridized carbons (Fsp3) is 0.500. The highest BCUT2D eigenvalue weighted by molar-refractivity contribution is 5.94. The van der Waals surface area contributed by atoms with Crippen LogP contribution in [0.1, 0.15) is 26.2 Å². The standard InChI is InChI=1S/C14H18F2N2O/c1-10(18-7-3-2-4-8-18)14(19)17-11-5-6-12(15)13(16)9-11/h5-6,9-10H,2-4,7-8H2,1H3,(H,17,19). The number of carbonyl (C=O) groups excluding carboxylic acids is 1. The molecule has 0 aliphatic carbocycles. The number of piperidine rings is 1. The van der Waals surface area contributed by atoms with Crippen LogP contribution in [0.2, 0.25) is 0 Å². The number of amides is 1. The van der Waals surface area contributed by atoms with E-state index in [1.165, 1.54) is 12.5 Å². The number of benzene rings is 1. The molecule has 0 saturated carbocycles. The van der Waals surface area contributed by atoms with Gasteiger partial charge in [0.25, 0.3) is 0 Å². The second-order valence-corrected chi connectivity index (χ2v) is 4.89. The topological polar surface area (TPSA) is 32.3 Å². The third-order valence-corrected chi connectivity index (χ3v) is 3.50. The van der Waals surface area contributed by atoms with Crippen LogP contribution in [0.3, 0.4) is 0 Å². The van der Waals surface area contributed by atoms with Gasteiger partial charge in [0.1, 0.15) is 0 Å². The average molecular weight is 268 g/mol. The fourth-order valence-electron chi connectivity index (χ4n) is 2.29. The van der Waals surface area contributed by atoms with E-state index < -0.39 is 11.6 Å². The molecule has 0 radical (unpaired) electrons. The first-order valence-corrected chi connectivity index (χ1v) is 6.58. The van der Waals surface area contributed by atoms with E-state index in [2.05, 4.69) is 10.2 Å². The number of rotatable bonds is 3. The Morgan fingerprint density at radius 2 is 1.89 bits per heavy atom. The first kappa shape index (κ1) is 13.9. The summed E-state index contributed by atoms with van der Waals surface area (Å²) in [5.41, 5.74) is 0.285. The molecule has 19 heavy (non-hydrogen) atoms. The molecule has 1 amide bonds. The minimum Gasteiger partial charge on any atom is -0.325 e. The van der Waals surface area contributed by atoms with Gasteiger partial charge < -0.3 is 5.32 Å². The zero-order valence-electron chi connectivity index (χ0n) is 11.0. The molecule has 1 aromatic carbocycles. The van der Waals surface area contributed by atoms with Crippen molar-refractivity contribution in [2.24, 2.45) is 0 Å². The number of nitrogens with zero attached hydrogens (tertiary/aromatic N) is 1. The van der Waals surface area contributed by atoms with Gasteiger partial charge in [0.05, 0.1) is 6.04 Å². The fourth-order valence-corrected chi connectivity index (χ4v) is 2.29. The van der Waals surface area contributed by atoms with E-state index in [0.29, 0.717) is 0 Å². The lowest BCUT2D eigenvalue weighted by Crippen LogP contribution is -2.44. The summed E-state index contributed by atoms with van der Waals surface area (Å²) < 4.78 is 25.8. The van der Waals surface area contributed by atoms with Crippen LogP contribution in [-0.4, -0.2) is 29.9 Å². The first-order chi connectivity index (χ1) is 9.08. The minimum atomic E-state index is -0.955. The lowest BCUT2D eigenvalue weighted by Gasteiger charge is -2.31. The van der Waals surface area contributed by atoms with E-state index in [1.54, 1.807) is 0 Å².